The highest BCUT2D eigenvalue weighted by molar-refractivity contribution is 5.93. The van der Waals surface area contributed by atoms with Crippen LogP contribution in [0.5, 0.6) is 0 Å². The molecule has 0 unspecified atom stereocenters. The van der Waals surface area contributed by atoms with Crippen LogP contribution in [0.2, 0.25) is 0 Å². The molecule has 0 spiro atoms. The van der Waals surface area contributed by atoms with E-state index in [1.165, 1.54) is 0 Å². The fourth-order valence-corrected chi connectivity index (χ4v) is 3.74. The number of nitrogens with one attached hydrogen (secondary N) is 1. The van der Waals surface area contributed by atoms with Crippen molar-refractivity contribution in [3.63, 3.8) is 0 Å². The summed E-state index contributed by atoms with van der Waals surface area (Å²) in [6.07, 6.45) is 3.24. The van der Waals surface area contributed by atoms with Gasteiger partial charge in [-0.2, -0.15) is 0 Å². The number of carbonyl (C=O) groups excluding carboxylic acids is 2. The highest BCUT2D eigenvalue weighted by Gasteiger charge is 2.30. The highest BCUT2D eigenvalue weighted by Crippen LogP contribution is 2.38. The zero-order valence-corrected chi connectivity index (χ0v) is 17.2. The molecule has 1 N–H and O–H groups in total. The molecule has 1 aromatic carbocycles. The van der Waals surface area contributed by atoms with E-state index in [9.17, 15) is 9.59 Å². The molecular formula is C23H30N2O3. The molecular weight excluding hydrogens is 352 g/mol. The lowest BCUT2D eigenvalue weighted by molar-refractivity contribution is -0.129. The van der Waals surface area contributed by atoms with Gasteiger partial charge in [0.05, 0.1) is 11.6 Å². The third kappa shape index (κ3) is 4.46. The minimum Gasteiger partial charge on any atom is -0.449 e. The Morgan fingerprint density at radius 3 is 2.50 bits per heavy atom. The van der Waals surface area contributed by atoms with Crippen LogP contribution in [0.15, 0.2) is 36.4 Å². The number of aryl methyl sites for hydroxylation is 1. The second-order valence-electron chi connectivity index (χ2n) is 7.69. The largest absolute Gasteiger partial charge is 0.449 e. The van der Waals surface area contributed by atoms with E-state index in [0.29, 0.717) is 11.6 Å². The van der Waals surface area contributed by atoms with Crippen molar-refractivity contribution in [3.8, 4) is 0 Å². The van der Waals surface area contributed by atoms with Crippen LogP contribution in [-0.2, 0) is 9.53 Å². The number of nitrogens with zero attached hydrogens (tertiary/aromatic N) is 1. The first kappa shape index (κ1) is 20.2. The van der Waals surface area contributed by atoms with Gasteiger partial charge in [0.15, 0.2) is 6.10 Å². The van der Waals surface area contributed by atoms with Crippen LogP contribution < -0.4 is 5.32 Å². The van der Waals surface area contributed by atoms with Crippen molar-refractivity contribution in [1.82, 2.24) is 9.88 Å². The second-order valence-corrected chi connectivity index (χ2v) is 7.69. The molecule has 1 heterocycles. The topological polar surface area (TPSA) is 60.3 Å². The number of hydrogen-bond acceptors (Lipinski definition) is 3. The number of esters is 1. The van der Waals surface area contributed by atoms with Gasteiger partial charge < -0.3 is 14.6 Å². The predicted octanol–water partition coefficient (Wildman–Crippen LogP) is 4.64. The molecule has 1 aromatic heterocycles. The van der Waals surface area contributed by atoms with Gasteiger partial charge in [0.25, 0.3) is 5.91 Å². The van der Waals surface area contributed by atoms with Crippen LogP contribution in [0.25, 0.3) is 0 Å². The predicted molar refractivity (Wildman–Crippen MR) is 109 cm³/mol. The number of hydrogen-bond donors (Lipinski definition) is 1. The fourth-order valence-electron chi connectivity index (χ4n) is 3.74. The molecule has 1 saturated carbocycles. The van der Waals surface area contributed by atoms with E-state index in [4.69, 9.17) is 4.74 Å². The zero-order chi connectivity index (χ0) is 20.3. The van der Waals surface area contributed by atoms with Gasteiger partial charge >= 0.3 is 5.97 Å². The SMILES string of the molecule is CCC[C@@H](NC(=O)[C@H](C)OC(=O)c1cc(C)n(C2CC2)c1C)c1ccccc1. The average Bonchev–Trinajstić information content (AvgIpc) is 3.46. The third-order valence-corrected chi connectivity index (χ3v) is 5.37. The van der Waals surface area contributed by atoms with Gasteiger partial charge in [-0.25, -0.2) is 4.79 Å². The molecule has 0 radical (unpaired) electrons. The molecule has 0 aliphatic heterocycles. The zero-order valence-electron chi connectivity index (χ0n) is 17.2. The number of ether oxygens (including phenoxy) is 1. The van der Waals surface area contributed by atoms with Crippen LogP contribution in [-0.4, -0.2) is 22.5 Å². The summed E-state index contributed by atoms with van der Waals surface area (Å²) in [5, 5.41) is 3.03. The van der Waals surface area contributed by atoms with Gasteiger partial charge in [-0.3, -0.25) is 4.79 Å². The van der Waals surface area contributed by atoms with Crippen LogP contribution in [0, 0.1) is 13.8 Å². The molecule has 1 aliphatic carbocycles. The maximum atomic E-state index is 12.7. The molecule has 2 atom stereocenters. The minimum absolute atomic E-state index is 0.0835. The Kier molecular flexibility index (Phi) is 6.22. The summed E-state index contributed by atoms with van der Waals surface area (Å²) >= 11 is 0. The Bertz CT molecular complexity index is 837. The Balaban J connectivity index is 1.65. The molecule has 5 nitrogen and oxygen atoms in total. The van der Waals surface area contributed by atoms with E-state index >= 15 is 0 Å². The molecule has 150 valence electrons. The van der Waals surface area contributed by atoms with Crippen molar-refractivity contribution in [2.24, 2.45) is 0 Å². The van der Waals surface area contributed by atoms with Gasteiger partial charge in [-0.05, 0) is 51.7 Å². The molecule has 3 rings (SSSR count). The molecule has 28 heavy (non-hydrogen) atoms. The molecule has 0 saturated heterocycles. The summed E-state index contributed by atoms with van der Waals surface area (Å²) in [4.78, 5) is 25.3. The van der Waals surface area contributed by atoms with E-state index in [2.05, 4.69) is 16.8 Å². The second kappa shape index (κ2) is 8.63. The van der Waals surface area contributed by atoms with Crippen LogP contribution in [0.1, 0.15) is 78.9 Å². The first-order valence-electron chi connectivity index (χ1n) is 10.2. The van der Waals surface area contributed by atoms with Gasteiger partial charge in [0.2, 0.25) is 0 Å². The van der Waals surface area contributed by atoms with Gasteiger partial charge in [0, 0.05) is 17.4 Å². The summed E-state index contributed by atoms with van der Waals surface area (Å²) in [5.41, 5.74) is 3.60. The fraction of sp³-hybridized carbons (Fsp3) is 0.478. The third-order valence-electron chi connectivity index (χ3n) is 5.37. The Morgan fingerprint density at radius 1 is 1.21 bits per heavy atom. The van der Waals surface area contributed by atoms with Gasteiger partial charge in [0.1, 0.15) is 0 Å². The van der Waals surface area contributed by atoms with E-state index in [1.54, 1.807) is 6.92 Å². The van der Waals surface area contributed by atoms with Crippen LogP contribution >= 0.6 is 0 Å². The van der Waals surface area contributed by atoms with E-state index in [-0.39, 0.29) is 11.9 Å². The first-order valence-corrected chi connectivity index (χ1v) is 10.2. The molecule has 1 fully saturated rings. The van der Waals surface area contributed by atoms with Crippen molar-refractivity contribution < 1.29 is 14.3 Å². The lowest BCUT2D eigenvalue weighted by Crippen LogP contribution is -2.38. The maximum Gasteiger partial charge on any atom is 0.340 e. The Morgan fingerprint density at radius 2 is 1.89 bits per heavy atom. The van der Waals surface area contributed by atoms with Gasteiger partial charge in [-0.1, -0.05) is 43.7 Å². The Labute approximate surface area is 167 Å². The van der Waals surface area contributed by atoms with E-state index in [0.717, 1.165) is 42.6 Å². The average molecular weight is 383 g/mol. The van der Waals surface area contributed by atoms with Crippen molar-refractivity contribution in [3.05, 3.63) is 58.9 Å². The van der Waals surface area contributed by atoms with E-state index < -0.39 is 12.1 Å². The van der Waals surface area contributed by atoms with Crippen LogP contribution in [0.3, 0.4) is 0 Å². The van der Waals surface area contributed by atoms with Crippen molar-refractivity contribution in [1.29, 1.82) is 0 Å². The summed E-state index contributed by atoms with van der Waals surface area (Å²) in [7, 11) is 0. The molecule has 1 amide bonds. The van der Waals surface area contributed by atoms with Crippen molar-refractivity contribution in [2.75, 3.05) is 0 Å². The number of benzene rings is 1. The standard InChI is InChI=1S/C23H30N2O3/c1-5-9-21(18-10-7-6-8-11-18)24-22(26)17(4)28-23(27)20-14-15(2)25(16(20)3)19-12-13-19/h6-8,10-11,14,17,19,21H,5,9,12-13H2,1-4H3,(H,24,26)/t17-,21+/m0/s1. The number of amides is 1. The minimum atomic E-state index is -0.848. The lowest BCUT2D eigenvalue weighted by Gasteiger charge is -2.21. The summed E-state index contributed by atoms with van der Waals surface area (Å²) < 4.78 is 7.70. The Hall–Kier alpha value is -2.56. The van der Waals surface area contributed by atoms with Crippen LogP contribution in [0.4, 0.5) is 0 Å². The molecule has 2 aromatic rings. The molecule has 1 aliphatic rings. The maximum absolute atomic E-state index is 12.7. The smallest absolute Gasteiger partial charge is 0.340 e. The van der Waals surface area contributed by atoms with E-state index in [1.807, 2.05) is 50.2 Å². The highest BCUT2D eigenvalue weighted by atomic mass is 16.5. The number of rotatable bonds is 8. The monoisotopic (exact) mass is 382 g/mol. The number of aromatic nitrogens is 1. The first-order chi connectivity index (χ1) is 13.4. The molecule has 0 bridgehead atoms. The summed E-state index contributed by atoms with van der Waals surface area (Å²) in [6, 6.07) is 12.2. The molecule has 5 heteroatoms. The number of carbonyl (C=O) groups is 2. The van der Waals surface area contributed by atoms with Crippen molar-refractivity contribution >= 4 is 11.9 Å². The van der Waals surface area contributed by atoms with Crippen molar-refractivity contribution in [2.45, 2.75) is 71.6 Å². The lowest BCUT2D eigenvalue weighted by atomic mass is 10.0. The quantitative estimate of drug-likeness (QED) is 0.677. The normalized spacial score (nSPS) is 15.7. The summed E-state index contributed by atoms with van der Waals surface area (Å²) in [5.74, 6) is -0.707. The van der Waals surface area contributed by atoms with Gasteiger partial charge in [-0.15, -0.1) is 0 Å². The summed E-state index contributed by atoms with van der Waals surface area (Å²) in [6.45, 7) is 7.66.